The zero-order chi connectivity index (χ0) is 14.4. The van der Waals surface area contributed by atoms with E-state index in [4.69, 9.17) is 10.5 Å². The van der Waals surface area contributed by atoms with Gasteiger partial charge in [-0.1, -0.05) is 0 Å². The van der Waals surface area contributed by atoms with Gasteiger partial charge in [0.25, 0.3) is 11.8 Å². The molecule has 0 bridgehead atoms. The van der Waals surface area contributed by atoms with Crippen LogP contribution in [0.15, 0.2) is 0 Å². The fraction of sp³-hybridized carbons (Fsp3) is 0.545. The lowest BCUT2D eigenvalue weighted by Gasteiger charge is -2.07. The van der Waals surface area contributed by atoms with Gasteiger partial charge in [-0.2, -0.15) is 4.37 Å². The molecule has 0 aliphatic heterocycles. The largest absolute Gasteiger partial charge is 0.395 e. The third-order valence-corrected chi connectivity index (χ3v) is 3.02. The maximum absolute atomic E-state index is 11.8. The summed E-state index contributed by atoms with van der Waals surface area (Å²) < 4.78 is 8.75. The van der Waals surface area contributed by atoms with Crippen molar-refractivity contribution in [1.82, 2.24) is 15.0 Å². The van der Waals surface area contributed by atoms with E-state index in [0.29, 0.717) is 13.2 Å². The van der Waals surface area contributed by atoms with Crippen LogP contribution in [0.3, 0.4) is 0 Å². The van der Waals surface area contributed by atoms with Gasteiger partial charge < -0.3 is 21.1 Å². The third kappa shape index (κ3) is 4.18. The summed E-state index contributed by atoms with van der Waals surface area (Å²) in [6.45, 7) is 4.45. The first-order chi connectivity index (χ1) is 8.97. The minimum absolute atomic E-state index is 0.0208. The summed E-state index contributed by atoms with van der Waals surface area (Å²) in [5.41, 5.74) is 5.98. The molecule has 1 rings (SSSR count). The molecular weight excluding hydrogens is 268 g/mol. The van der Waals surface area contributed by atoms with Crippen LogP contribution in [0, 0.1) is 0 Å². The average Bonchev–Trinajstić information content (AvgIpc) is 2.70. The van der Waals surface area contributed by atoms with Gasteiger partial charge in [-0.15, -0.1) is 0 Å². The molecule has 2 amide bonds. The van der Waals surface area contributed by atoms with Crippen LogP contribution in [0.2, 0.25) is 0 Å². The molecule has 0 saturated heterocycles. The lowest BCUT2D eigenvalue weighted by atomic mass is 10.2. The number of amides is 2. The summed E-state index contributed by atoms with van der Waals surface area (Å²) >= 11 is 0.909. The number of nitrogens with two attached hydrogens (primary N) is 1. The normalized spacial score (nSPS) is 10.5. The van der Waals surface area contributed by atoms with E-state index in [2.05, 4.69) is 15.0 Å². The van der Waals surface area contributed by atoms with Gasteiger partial charge in [0, 0.05) is 19.7 Å². The first-order valence-electron chi connectivity index (χ1n) is 5.80. The molecule has 0 aliphatic carbocycles. The Morgan fingerprint density at radius 2 is 2.11 bits per heavy atom. The highest BCUT2D eigenvalue weighted by molar-refractivity contribution is 7.09. The van der Waals surface area contributed by atoms with Crippen molar-refractivity contribution in [2.24, 2.45) is 0 Å². The van der Waals surface area contributed by atoms with Crippen LogP contribution in [0.4, 0.5) is 5.69 Å². The minimum atomic E-state index is -0.375. The molecule has 106 valence electrons. The van der Waals surface area contributed by atoms with Crippen molar-refractivity contribution in [3.63, 3.8) is 0 Å². The summed E-state index contributed by atoms with van der Waals surface area (Å²) in [7, 11) is 1.54. The van der Waals surface area contributed by atoms with Gasteiger partial charge in [-0.25, -0.2) is 0 Å². The van der Waals surface area contributed by atoms with Crippen LogP contribution < -0.4 is 16.4 Å². The zero-order valence-electron chi connectivity index (χ0n) is 11.1. The Hall–Kier alpha value is -1.67. The number of methoxy groups -OCH3 is 1. The van der Waals surface area contributed by atoms with E-state index in [1.54, 1.807) is 7.11 Å². The number of hydrogen-bond acceptors (Lipinski definition) is 6. The lowest BCUT2D eigenvalue weighted by Crippen LogP contribution is -2.31. The van der Waals surface area contributed by atoms with Crippen LogP contribution in [0.1, 0.15) is 34.0 Å². The van der Waals surface area contributed by atoms with E-state index in [1.807, 2.05) is 13.8 Å². The monoisotopic (exact) mass is 286 g/mol. The van der Waals surface area contributed by atoms with E-state index in [1.165, 1.54) is 0 Å². The molecule has 0 fully saturated rings. The van der Waals surface area contributed by atoms with Gasteiger partial charge in [0.1, 0.15) is 4.88 Å². The van der Waals surface area contributed by atoms with Crippen LogP contribution in [0.5, 0.6) is 0 Å². The smallest absolute Gasteiger partial charge is 0.273 e. The summed E-state index contributed by atoms with van der Waals surface area (Å²) in [5, 5.41) is 5.31. The fourth-order valence-corrected chi connectivity index (χ4v) is 2.02. The number of rotatable bonds is 6. The van der Waals surface area contributed by atoms with Gasteiger partial charge in [0.15, 0.2) is 5.69 Å². The number of nitrogens with one attached hydrogen (secondary N) is 2. The van der Waals surface area contributed by atoms with E-state index in [-0.39, 0.29) is 34.1 Å². The molecule has 0 spiro atoms. The first-order valence-corrected chi connectivity index (χ1v) is 6.57. The number of aromatic nitrogens is 1. The molecule has 1 aromatic heterocycles. The molecule has 8 heteroatoms. The second-order valence-corrected chi connectivity index (χ2v) is 4.92. The standard InChI is InChI=1S/C11H18N4O3S/c1-6(2)14-10(16)8-7(12)9(19-15-8)11(17)13-4-5-18-3/h6H,4-5,12H2,1-3H3,(H,13,17)(H,14,16). The zero-order valence-corrected chi connectivity index (χ0v) is 12.0. The summed E-state index contributed by atoms with van der Waals surface area (Å²) in [5.74, 6) is -0.727. The van der Waals surface area contributed by atoms with Crippen LogP contribution in [-0.2, 0) is 4.74 Å². The maximum atomic E-state index is 11.8. The first kappa shape index (κ1) is 15.4. The number of nitrogens with zero attached hydrogens (tertiary/aromatic N) is 1. The number of nitrogen functional groups attached to an aromatic ring is 1. The second-order valence-electron chi connectivity index (χ2n) is 4.15. The SMILES string of the molecule is COCCNC(=O)c1snc(C(=O)NC(C)C)c1N. The second kappa shape index (κ2) is 7.05. The quantitative estimate of drug-likeness (QED) is 0.649. The van der Waals surface area contributed by atoms with Crippen LogP contribution >= 0.6 is 11.5 Å². The van der Waals surface area contributed by atoms with Crippen molar-refractivity contribution in [2.45, 2.75) is 19.9 Å². The molecule has 0 aliphatic rings. The molecule has 0 unspecified atom stereocenters. The van der Waals surface area contributed by atoms with Crippen molar-refractivity contribution >= 4 is 29.0 Å². The molecule has 1 heterocycles. The van der Waals surface area contributed by atoms with Crippen LogP contribution in [-0.4, -0.2) is 42.5 Å². The number of hydrogen-bond donors (Lipinski definition) is 3. The highest BCUT2D eigenvalue weighted by atomic mass is 32.1. The summed E-state index contributed by atoms with van der Waals surface area (Å²) in [6, 6.07) is -0.0208. The van der Waals surface area contributed by atoms with E-state index >= 15 is 0 Å². The summed E-state index contributed by atoms with van der Waals surface area (Å²) in [4.78, 5) is 23.8. The van der Waals surface area contributed by atoms with Crippen molar-refractivity contribution < 1.29 is 14.3 Å². The Bertz CT molecular complexity index is 459. The Balaban J connectivity index is 2.75. The Morgan fingerprint density at radius 3 is 2.68 bits per heavy atom. The molecule has 0 atom stereocenters. The highest BCUT2D eigenvalue weighted by Gasteiger charge is 2.22. The molecule has 0 aromatic carbocycles. The highest BCUT2D eigenvalue weighted by Crippen LogP contribution is 2.21. The van der Waals surface area contributed by atoms with Crippen molar-refractivity contribution in [3.05, 3.63) is 10.6 Å². The van der Waals surface area contributed by atoms with Gasteiger partial charge in [-0.05, 0) is 25.4 Å². The number of anilines is 1. The Kier molecular flexibility index (Phi) is 5.71. The maximum Gasteiger partial charge on any atom is 0.273 e. The Morgan fingerprint density at radius 1 is 1.42 bits per heavy atom. The molecule has 0 saturated carbocycles. The average molecular weight is 286 g/mol. The molecule has 7 nitrogen and oxygen atoms in total. The summed E-state index contributed by atoms with van der Waals surface area (Å²) in [6.07, 6.45) is 0. The van der Waals surface area contributed by atoms with Gasteiger partial charge in [0.2, 0.25) is 0 Å². The topological polar surface area (TPSA) is 106 Å². The van der Waals surface area contributed by atoms with Gasteiger partial charge in [-0.3, -0.25) is 9.59 Å². The number of carbonyl (C=O) groups is 2. The number of carbonyl (C=O) groups excluding carboxylic acids is 2. The van der Waals surface area contributed by atoms with Gasteiger partial charge >= 0.3 is 0 Å². The minimum Gasteiger partial charge on any atom is -0.395 e. The predicted octanol–water partition coefficient (Wildman–Crippen LogP) is 0.240. The van der Waals surface area contributed by atoms with E-state index in [9.17, 15) is 9.59 Å². The molecular formula is C11H18N4O3S. The third-order valence-electron chi connectivity index (χ3n) is 2.16. The lowest BCUT2D eigenvalue weighted by molar-refractivity contribution is 0.0937. The van der Waals surface area contributed by atoms with Crippen molar-refractivity contribution in [2.75, 3.05) is 26.0 Å². The van der Waals surface area contributed by atoms with Gasteiger partial charge in [0.05, 0.1) is 12.3 Å². The molecule has 0 radical (unpaired) electrons. The molecule has 4 N–H and O–H groups in total. The number of ether oxygens (including phenoxy) is 1. The van der Waals surface area contributed by atoms with Crippen molar-refractivity contribution in [3.8, 4) is 0 Å². The van der Waals surface area contributed by atoms with Crippen molar-refractivity contribution in [1.29, 1.82) is 0 Å². The Labute approximate surface area is 115 Å². The van der Waals surface area contributed by atoms with Crippen LogP contribution in [0.25, 0.3) is 0 Å². The molecule has 19 heavy (non-hydrogen) atoms. The predicted molar refractivity (Wildman–Crippen MR) is 73.3 cm³/mol. The molecule has 1 aromatic rings. The fourth-order valence-electron chi connectivity index (χ4n) is 1.30. The van der Waals surface area contributed by atoms with E-state index < -0.39 is 0 Å². The van der Waals surface area contributed by atoms with E-state index in [0.717, 1.165) is 11.5 Å².